The molecule has 1 aromatic rings. The van der Waals surface area contributed by atoms with Crippen LogP contribution < -0.4 is 5.32 Å². The summed E-state index contributed by atoms with van der Waals surface area (Å²) in [5, 5.41) is 13.9. The molecule has 0 radical (unpaired) electrons. The van der Waals surface area contributed by atoms with Crippen molar-refractivity contribution in [2.75, 3.05) is 26.2 Å². The molecule has 0 spiro atoms. The van der Waals surface area contributed by atoms with Crippen LogP contribution in [-0.4, -0.2) is 41.8 Å². The Morgan fingerprint density at radius 3 is 2.76 bits per heavy atom. The Morgan fingerprint density at radius 1 is 1.33 bits per heavy atom. The molecule has 2 atom stereocenters. The first-order valence-electron chi connectivity index (χ1n) is 8.34. The van der Waals surface area contributed by atoms with Crippen LogP contribution in [0.5, 0.6) is 0 Å². The molecule has 0 aliphatic carbocycles. The van der Waals surface area contributed by atoms with E-state index in [2.05, 4.69) is 47.5 Å². The number of aliphatic hydroxyl groups is 1. The summed E-state index contributed by atoms with van der Waals surface area (Å²) >= 11 is 0. The normalized spacial score (nSPS) is 24.9. The van der Waals surface area contributed by atoms with Crippen LogP contribution in [0.3, 0.4) is 0 Å². The van der Waals surface area contributed by atoms with Crippen molar-refractivity contribution in [3.8, 4) is 0 Å². The zero-order chi connectivity index (χ0) is 15.1. The highest BCUT2D eigenvalue weighted by molar-refractivity contribution is 5.18. The van der Waals surface area contributed by atoms with Crippen molar-refractivity contribution >= 4 is 0 Å². The number of rotatable bonds is 7. The highest BCUT2D eigenvalue weighted by Gasteiger charge is 2.28. The van der Waals surface area contributed by atoms with Crippen LogP contribution in [0.1, 0.15) is 51.1 Å². The molecule has 21 heavy (non-hydrogen) atoms. The summed E-state index contributed by atoms with van der Waals surface area (Å²) in [5.74, 6) is 0. The summed E-state index contributed by atoms with van der Waals surface area (Å²) in [6.45, 7) is 8.19. The van der Waals surface area contributed by atoms with Gasteiger partial charge >= 0.3 is 0 Å². The van der Waals surface area contributed by atoms with Crippen molar-refractivity contribution in [1.82, 2.24) is 10.2 Å². The van der Waals surface area contributed by atoms with Crippen molar-refractivity contribution in [3.63, 3.8) is 0 Å². The van der Waals surface area contributed by atoms with Gasteiger partial charge in [0.1, 0.15) is 0 Å². The fourth-order valence-corrected chi connectivity index (χ4v) is 3.22. The standard InChI is InChI=1S/C18H30N2O/c1-3-12-19-17(16-8-5-4-6-9-16)10-14-20-13-7-11-18(2,21)15-20/h4-6,8-9,17,19,21H,3,7,10-15H2,1-2H3. The van der Waals surface area contributed by atoms with Crippen LogP contribution in [0.4, 0.5) is 0 Å². The van der Waals surface area contributed by atoms with Crippen LogP contribution in [0, 0.1) is 0 Å². The molecule has 1 aromatic carbocycles. The minimum Gasteiger partial charge on any atom is -0.389 e. The number of benzene rings is 1. The van der Waals surface area contributed by atoms with Gasteiger partial charge in [-0.2, -0.15) is 0 Å². The highest BCUT2D eigenvalue weighted by atomic mass is 16.3. The number of piperidine rings is 1. The number of β-amino-alcohol motifs (C(OH)–C–C–N with tert-alkyl or cyclic N) is 1. The second-order valence-corrected chi connectivity index (χ2v) is 6.58. The second kappa shape index (κ2) is 7.92. The number of likely N-dealkylation sites (tertiary alicyclic amines) is 1. The minimum absolute atomic E-state index is 0.415. The lowest BCUT2D eigenvalue weighted by Crippen LogP contribution is -2.46. The SMILES string of the molecule is CCCNC(CCN1CCCC(C)(O)C1)c1ccccc1. The molecule has 2 N–H and O–H groups in total. The highest BCUT2D eigenvalue weighted by Crippen LogP contribution is 2.22. The molecule has 0 amide bonds. The van der Waals surface area contributed by atoms with Gasteiger partial charge in [0.25, 0.3) is 0 Å². The maximum absolute atomic E-state index is 10.2. The predicted molar refractivity (Wildman–Crippen MR) is 88.4 cm³/mol. The third-order valence-electron chi connectivity index (χ3n) is 4.33. The van der Waals surface area contributed by atoms with E-state index < -0.39 is 5.60 Å². The van der Waals surface area contributed by atoms with Gasteiger partial charge in [0.05, 0.1) is 5.60 Å². The summed E-state index contributed by atoms with van der Waals surface area (Å²) in [4.78, 5) is 2.41. The zero-order valence-corrected chi connectivity index (χ0v) is 13.5. The monoisotopic (exact) mass is 290 g/mol. The van der Waals surface area contributed by atoms with Gasteiger partial charge in [-0.15, -0.1) is 0 Å². The van der Waals surface area contributed by atoms with Crippen LogP contribution in [0.25, 0.3) is 0 Å². The lowest BCUT2D eigenvalue weighted by Gasteiger charge is -2.37. The van der Waals surface area contributed by atoms with Crippen molar-refractivity contribution in [1.29, 1.82) is 0 Å². The van der Waals surface area contributed by atoms with Gasteiger partial charge in [-0.25, -0.2) is 0 Å². The molecule has 1 saturated heterocycles. The van der Waals surface area contributed by atoms with E-state index in [0.29, 0.717) is 6.04 Å². The van der Waals surface area contributed by atoms with E-state index in [1.54, 1.807) is 0 Å². The van der Waals surface area contributed by atoms with Crippen LogP contribution in [0.15, 0.2) is 30.3 Å². The molecular formula is C18H30N2O. The fourth-order valence-electron chi connectivity index (χ4n) is 3.22. The Morgan fingerprint density at radius 2 is 2.10 bits per heavy atom. The first kappa shape index (κ1) is 16.5. The molecule has 1 aliphatic heterocycles. The van der Waals surface area contributed by atoms with E-state index in [9.17, 15) is 5.11 Å². The average Bonchev–Trinajstić information content (AvgIpc) is 2.47. The Balaban J connectivity index is 1.90. The maximum atomic E-state index is 10.2. The molecule has 3 heteroatoms. The molecule has 0 saturated carbocycles. The van der Waals surface area contributed by atoms with E-state index in [0.717, 1.165) is 51.9 Å². The summed E-state index contributed by atoms with van der Waals surface area (Å²) in [5.41, 5.74) is 0.867. The topological polar surface area (TPSA) is 35.5 Å². The molecule has 0 bridgehead atoms. The van der Waals surface area contributed by atoms with E-state index in [4.69, 9.17) is 0 Å². The van der Waals surface area contributed by atoms with Gasteiger partial charge in [0.15, 0.2) is 0 Å². The quantitative estimate of drug-likeness (QED) is 0.810. The van der Waals surface area contributed by atoms with Gasteiger partial charge in [-0.05, 0) is 51.3 Å². The van der Waals surface area contributed by atoms with E-state index in [1.165, 1.54) is 5.56 Å². The van der Waals surface area contributed by atoms with Crippen LogP contribution in [-0.2, 0) is 0 Å². The molecule has 2 unspecified atom stereocenters. The molecule has 2 rings (SSSR count). The molecule has 1 heterocycles. The van der Waals surface area contributed by atoms with Crippen molar-refractivity contribution in [3.05, 3.63) is 35.9 Å². The van der Waals surface area contributed by atoms with Gasteiger partial charge in [0.2, 0.25) is 0 Å². The van der Waals surface area contributed by atoms with Gasteiger partial charge in [-0.3, -0.25) is 0 Å². The molecule has 118 valence electrons. The van der Waals surface area contributed by atoms with E-state index in [-0.39, 0.29) is 0 Å². The van der Waals surface area contributed by atoms with Gasteiger partial charge in [-0.1, -0.05) is 37.3 Å². The summed E-state index contributed by atoms with van der Waals surface area (Å²) in [6, 6.07) is 11.1. The minimum atomic E-state index is -0.503. The van der Waals surface area contributed by atoms with Crippen molar-refractivity contribution < 1.29 is 5.11 Å². The molecular weight excluding hydrogens is 260 g/mol. The van der Waals surface area contributed by atoms with Crippen LogP contribution >= 0.6 is 0 Å². The molecule has 0 aromatic heterocycles. The first-order chi connectivity index (χ1) is 10.1. The third-order valence-corrected chi connectivity index (χ3v) is 4.33. The number of hydrogen-bond acceptors (Lipinski definition) is 3. The Hall–Kier alpha value is -0.900. The van der Waals surface area contributed by atoms with Crippen molar-refractivity contribution in [2.45, 2.75) is 51.2 Å². The fraction of sp³-hybridized carbons (Fsp3) is 0.667. The summed E-state index contributed by atoms with van der Waals surface area (Å²) in [7, 11) is 0. The Bertz CT molecular complexity index is 405. The van der Waals surface area contributed by atoms with Gasteiger partial charge < -0.3 is 15.3 Å². The predicted octanol–water partition coefficient (Wildman–Crippen LogP) is 2.96. The largest absolute Gasteiger partial charge is 0.389 e. The Kier molecular flexibility index (Phi) is 6.22. The zero-order valence-electron chi connectivity index (χ0n) is 13.5. The number of hydrogen-bond donors (Lipinski definition) is 2. The lowest BCUT2D eigenvalue weighted by atomic mass is 9.94. The Labute approximate surface area is 129 Å². The molecule has 3 nitrogen and oxygen atoms in total. The second-order valence-electron chi connectivity index (χ2n) is 6.58. The first-order valence-corrected chi connectivity index (χ1v) is 8.34. The summed E-state index contributed by atoms with van der Waals surface area (Å²) < 4.78 is 0. The van der Waals surface area contributed by atoms with Crippen molar-refractivity contribution in [2.24, 2.45) is 0 Å². The maximum Gasteiger partial charge on any atom is 0.0746 e. The lowest BCUT2D eigenvalue weighted by molar-refractivity contribution is -0.0163. The number of nitrogens with zero attached hydrogens (tertiary/aromatic N) is 1. The smallest absolute Gasteiger partial charge is 0.0746 e. The number of nitrogens with one attached hydrogen (secondary N) is 1. The van der Waals surface area contributed by atoms with E-state index >= 15 is 0 Å². The summed E-state index contributed by atoms with van der Waals surface area (Å²) in [6.07, 6.45) is 4.28. The molecule has 1 fully saturated rings. The average molecular weight is 290 g/mol. The van der Waals surface area contributed by atoms with Crippen LogP contribution in [0.2, 0.25) is 0 Å². The third kappa shape index (κ3) is 5.42. The van der Waals surface area contributed by atoms with E-state index in [1.807, 2.05) is 6.92 Å². The molecule has 1 aliphatic rings. The van der Waals surface area contributed by atoms with Gasteiger partial charge in [0, 0.05) is 19.1 Å².